The van der Waals surface area contributed by atoms with E-state index in [0.717, 1.165) is 4.68 Å². The second-order valence-corrected chi connectivity index (χ2v) is 8.47. The Labute approximate surface area is 209 Å². The number of pyridine rings is 1. The van der Waals surface area contributed by atoms with E-state index in [1.807, 2.05) is 0 Å². The molecule has 12 nitrogen and oxygen atoms in total. The Bertz CT molecular complexity index is 1440. The molecule has 0 unspecified atom stereocenters. The van der Waals surface area contributed by atoms with Gasteiger partial charge in [0.2, 0.25) is 5.95 Å². The number of amides is 1. The third-order valence-corrected chi connectivity index (χ3v) is 5.95. The lowest BCUT2D eigenvalue weighted by molar-refractivity contribution is -0.143. The number of anilines is 2. The molecule has 5 rings (SSSR count). The number of H-pyrrole nitrogens is 1. The molecule has 1 saturated heterocycles. The van der Waals surface area contributed by atoms with Crippen molar-refractivity contribution in [2.45, 2.75) is 25.0 Å². The number of nitrogens with zero attached hydrogens (tertiary/aromatic N) is 7. The van der Waals surface area contributed by atoms with Gasteiger partial charge < -0.3 is 20.1 Å². The number of likely N-dealkylation sites (N-methyl/N-ethyl adjacent to an activating group) is 1. The van der Waals surface area contributed by atoms with Gasteiger partial charge in [-0.1, -0.05) is 6.07 Å². The zero-order chi connectivity index (χ0) is 26.2. The van der Waals surface area contributed by atoms with Gasteiger partial charge >= 0.3 is 0 Å². The molecule has 0 saturated carbocycles. The molecule has 4 aromatic heterocycles. The fraction of sp³-hybridized carbons (Fsp3) is 0.304. The van der Waals surface area contributed by atoms with Crippen LogP contribution < -0.4 is 10.1 Å². The molecule has 4 aromatic rings. The van der Waals surface area contributed by atoms with Crippen molar-refractivity contribution in [3.63, 3.8) is 0 Å². The molecule has 0 bridgehead atoms. The third kappa shape index (κ3) is 4.70. The molecule has 37 heavy (non-hydrogen) atoms. The fourth-order valence-electron chi connectivity index (χ4n) is 4.04. The number of carbonyl (C=O) groups excluding carboxylic acids is 1. The molecule has 1 fully saturated rings. The van der Waals surface area contributed by atoms with Crippen molar-refractivity contribution >= 4 is 17.5 Å². The zero-order valence-corrected chi connectivity index (χ0v) is 19.9. The van der Waals surface area contributed by atoms with Crippen LogP contribution in [0.1, 0.15) is 12.1 Å². The molecule has 14 heteroatoms. The average molecular weight is 511 g/mol. The largest absolute Gasteiger partial charge is 0.478 e. The average Bonchev–Trinajstić information content (AvgIpc) is 3.60. The van der Waals surface area contributed by atoms with Crippen LogP contribution in [0, 0.1) is 0 Å². The predicted octanol–water partition coefficient (Wildman–Crippen LogP) is 2.19. The Kier molecular flexibility index (Phi) is 6.25. The van der Waals surface area contributed by atoms with E-state index in [0.29, 0.717) is 35.0 Å². The molecule has 0 aromatic carbocycles. The van der Waals surface area contributed by atoms with Crippen LogP contribution in [-0.2, 0) is 16.9 Å². The summed E-state index contributed by atoms with van der Waals surface area (Å²) < 4.78 is 31.7. The van der Waals surface area contributed by atoms with Crippen LogP contribution in [0.25, 0.3) is 22.8 Å². The maximum Gasteiger partial charge on any atom is 0.260 e. The maximum atomic E-state index is 12.7. The number of nitrogens with one attached hydrogen (secondary N) is 2. The van der Waals surface area contributed by atoms with E-state index in [1.165, 1.54) is 24.4 Å². The number of carbonyl (C=O) groups is 1. The number of ether oxygens (including phenoxy) is 1. The summed E-state index contributed by atoms with van der Waals surface area (Å²) in [6.07, 6.45) is 0.601. The van der Waals surface area contributed by atoms with Crippen LogP contribution in [-0.4, -0.2) is 78.0 Å². The minimum atomic E-state index is -2.57. The first-order valence-corrected chi connectivity index (χ1v) is 11.3. The van der Waals surface area contributed by atoms with Crippen molar-refractivity contribution in [2.24, 2.45) is 0 Å². The monoisotopic (exact) mass is 511 g/mol. The van der Waals surface area contributed by atoms with Crippen molar-refractivity contribution in [3.8, 4) is 28.7 Å². The minimum Gasteiger partial charge on any atom is -0.478 e. The second-order valence-electron chi connectivity index (χ2n) is 8.47. The van der Waals surface area contributed by atoms with E-state index in [-0.39, 0.29) is 23.9 Å². The summed E-state index contributed by atoms with van der Waals surface area (Å²) in [5.41, 5.74) is 0.964. The lowest BCUT2D eigenvalue weighted by Gasteiger charge is -2.17. The summed E-state index contributed by atoms with van der Waals surface area (Å²) in [5, 5.41) is 24.8. The topological polar surface area (TPSA) is 147 Å². The molecule has 1 atom stereocenters. The number of aromatic nitrogens is 7. The first-order chi connectivity index (χ1) is 17.8. The fourth-order valence-corrected chi connectivity index (χ4v) is 4.04. The number of halogens is 2. The number of aliphatic hydroxyl groups is 1. The molecule has 5 heterocycles. The van der Waals surface area contributed by atoms with Gasteiger partial charge in [-0.05, 0) is 24.3 Å². The van der Waals surface area contributed by atoms with Crippen LogP contribution in [0.2, 0.25) is 0 Å². The van der Waals surface area contributed by atoms with Crippen molar-refractivity contribution in [2.75, 3.05) is 26.0 Å². The van der Waals surface area contributed by atoms with Gasteiger partial charge in [0.05, 0.1) is 36.1 Å². The quantitative estimate of drug-likeness (QED) is 0.324. The van der Waals surface area contributed by atoms with Crippen LogP contribution in [0.4, 0.5) is 20.4 Å². The Balaban J connectivity index is 1.39. The predicted molar refractivity (Wildman–Crippen MR) is 127 cm³/mol. The normalized spacial score (nSPS) is 17.6. The zero-order valence-electron chi connectivity index (χ0n) is 19.9. The molecule has 0 spiro atoms. The number of hydrogen-bond acceptors (Lipinski definition) is 9. The van der Waals surface area contributed by atoms with Gasteiger partial charge in [0, 0.05) is 26.2 Å². The summed E-state index contributed by atoms with van der Waals surface area (Å²) >= 11 is 0. The van der Waals surface area contributed by atoms with Crippen LogP contribution >= 0.6 is 0 Å². The molecule has 0 radical (unpaired) electrons. The summed E-state index contributed by atoms with van der Waals surface area (Å²) in [6.45, 7) is -0.137. The van der Waals surface area contributed by atoms with E-state index in [1.54, 1.807) is 37.4 Å². The lowest BCUT2D eigenvalue weighted by Crippen LogP contribution is -2.36. The van der Waals surface area contributed by atoms with E-state index in [9.17, 15) is 18.7 Å². The first kappa shape index (κ1) is 24.2. The Hall–Kier alpha value is -4.46. The third-order valence-electron chi connectivity index (χ3n) is 5.95. The number of rotatable bonds is 8. The van der Waals surface area contributed by atoms with Crippen molar-refractivity contribution in [1.82, 2.24) is 39.8 Å². The van der Waals surface area contributed by atoms with Crippen LogP contribution in [0.15, 0.2) is 42.7 Å². The highest BCUT2D eigenvalue weighted by Crippen LogP contribution is 2.33. The highest BCUT2D eigenvalue weighted by Gasteiger charge is 2.47. The minimum absolute atomic E-state index is 0.124. The Morgan fingerprint density at radius 3 is 2.76 bits per heavy atom. The van der Waals surface area contributed by atoms with Gasteiger partial charge in [0.1, 0.15) is 17.9 Å². The number of likely N-dealkylation sites (tertiary alicyclic amines) is 1. The number of hydrogen-bond donors (Lipinski definition) is 3. The SMILES string of the molecule is COc1nn(CC(F)F)cc1Nc1nccc(-c2cccc(-c3cc([C@@]4(O)CCN(C)C4=O)n[nH]3)n2)n1. The van der Waals surface area contributed by atoms with Gasteiger partial charge in [-0.3, -0.25) is 14.6 Å². The summed E-state index contributed by atoms with van der Waals surface area (Å²) in [6, 6.07) is 8.59. The summed E-state index contributed by atoms with van der Waals surface area (Å²) in [4.78, 5) is 27.2. The van der Waals surface area contributed by atoms with Gasteiger partial charge in [0.25, 0.3) is 18.2 Å². The van der Waals surface area contributed by atoms with Crippen LogP contribution in [0.5, 0.6) is 5.88 Å². The number of aromatic amines is 1. The van der Waals surface area contributed by atoms with Gasteiger partial charge in [0.15, 0.2) is 5.60 Å². The van der Waals surface area contributed by atoms with E-state index in [2.05, 4.69) is 35.6 Å². The highest BCUT2D eigenvalue weighted by molar-refractivity contribution is 5.88. The molecule has 1 aliphatic rings. The lowest BCUT2D eigenvalue weighted by atomic mass is 9.97. The molecule has 1 amide bonds. The van der Waals surface area contributed by atoms with E-state index < -0.39 is 24.5 Å². The highest BCUT2D eigenvalue weighted by atomic mass is 19.3. The molecule has 3 N–H and O–H groups in total. The van der Waals surface area contributed by atoms with Crippen LogP contribution in [0.3, 0.4) is 0 Å². The molecule has 1 aliphatic heterocycles. The van der Waals surface area contributed by atoms with Crippen molar-refractivity contribution in [3.05, 3.63) is 48.4 Å². The smallest absolute Gasteiger partial charge is 0.260 e. The summed E-state index contributed by atoms with van der Waals surface area (Å²) in [5.74, 6) is -0.0856. The first-order valence-electron chi connectivity index (χ1n) is 11.3. The summed E-state index contributed by atoms with van der Waals surface area (Å²) in [7, 11) is 3.02. The van der Waals surface area contributed by atoms with Crippen molar-refractivity contribution in [1.29, 1.82) is 0 Å². The number of methoxy groups -OCH3 is 1. The maximum absolute atomic E-state index is 12.7. The van der Waals surface area contributed by atoms with Gasteiger partial charge in [-0.2, -0.15) is 5.10 Å². The van der Waals surface area contributed by atoms with E-state index in [4.69, 9.17) is 4.74 Å². The molecule has 0 aliphatic carbocycles. The Morgan fingerprint density at radius 1 is 1.24 bits per heavy atom. The van der Waals surface area contributed by atoms with Gasteiger partial charge in [-0.15, -0.1) is 5.10 Å². The molecular weight excluding hydrogens is 488 g/mol. The molecule has 192 valence electrons. The number of alkyl halides is 2. The standard InChI is InChI=1S/C23H23F2N9O3/c1-33-9-7-23(36,21(33)35)18-10-16(30-31-18)14-5-3-4-13(27-14)15-6-8-26-22(28-15)29-17-11-34(12-19(24)25)32-20(17)37-2/h3-6,8,10-11,19,36H,7,9,12H2,1-2H3,(H,30,31)(H,26,28,29)/t23-/m0/s1. The van der Waals surface area contributed by atoms with Crippen molar-refractivity contribution < 1.29 is 23.4 Å². The van der Waals surface area contributed by atoms with E-state index >= 15 is 0 Å². The molecular formula is C23H23F2N9O3. The Morgan fingerprint density at radius 2 is 2.03 bits per heavy atom. The second kappa shape index (κ2) is 9.54. The van der Waals surface area contributed by atoms with Gasteiger partial charge in [-0.25, -0.2) is 23.7 Å².